The molecule has 0 saturated heterocycles. The van der Waals surface area contributed by atoms with Crippen LogP contribution in [0.25, 0.3) is 12.2 Å². The maximum atomic E-state index is 15.2. The molecule has 4 bridgehead atoms. The molecule has 0 heterocycles. The predicted molar refractivity (Wildman–Crippen MR) is 164 cm³/mol. The lowest BCUT2D eigenvalue weighted by Gasteiger charge is -2.55. The Balaban J connectivity index is 1.56. The summed E-state index contributed by atoms with van der Waals surface area (Å²) < 4.78 is 0. The molecule has 0 unspecified atom stereocenters. The van der Waals surface area contributed by atoms with E-state index in [1.807, 2.05) is 12.1 Å². The van der Waals surface area contributed by atoms with Crippen LogP contribution < -0.4 is 0 Å². The van der Waals surface area contributed by atoms with Crippen molar-refractivity contribution in [2.45, 2.75) is 80.1 Å². The van der Waals surface area contributed by atoms with E-state index in [1.54, 1.807) is 0 Å². The summed E-state index contributed by atoms with van der Waals surface area (Å²) in [5.41, 5.74) is -0.211. The standard InChI is InChI=1S/C38H46O2/c1-33(2)29-21-25-35(33,5)31(39)37(29,23-13-19-27-15-9-7-10-16-27)38(24-14-20-28-17-11-8-12-18-28)30-22-26-36(6,32(38)40)34(30,3)4/h7-20,29-30H,21-26H2,1-6H3/b19-13-,20-14-/t29-,30+,35-,36-,37+,38+/m1/s1. The van der Waals surface area contributed by atoms with Crippen LogP contribution in [0.3, 0.4) is 0 Å². The molecule has 4 fully saturated rings. The second-order valence-electron chi connectivity index (χ2n) is 14.9. The monoisotopic (exact) mass is 534 g/mol. The Hall–Kier alpha value is -2.74. The molecule has 4 saturated carbocycles. The van der Waals surface area contributed by atoms with Gasteiger partial charge in [-0.15, -0.1) is 0 Å². The Morgan fingerprint density at radius 2 is 0.950 bits per heavy atom. The summed E-state index contributed by atoms with van der Waals surface area (Å²) in [6.45, 7) is 13.7. The Kier molecular flexibility index (Phi) is 6.09. The lowest BCUT2D eigenvalue weighted by molar-refractivity contribution is -0.163. The molecule has 2 aromatic rings. The number of hydrogen-bond acceptors (Lipinski definition) is 2. The molecule has 4 aliphatic rings. The van der Waals surface area contributed by atoms with Crippen molar-refractivity contribution in [3.8, 4) is 0 Å². The van der Waals surface area contributed by atoms with Gasteiger partial charge < -0.3 is 0 Å². The fourth-order valence-electron chi connectivity index (χ4n) is 10.6. The van der Waals surface area contributed by atoms with Crippen molar-refractivity contribution in [3.63, 3.8) is 0 Å². The van der Waals surface area contributed by atoms with Gasteiger partial charge in [-0.1, -0.05) is 127 Å². The minimum absolute atomic E-state index is 0.145. The van der Waals surface area contributed by atoms with E-state index in [4.69, 9.17) is 0 Å². The molecule has 0 spiro atoms. The van der Waals surface area contributed by atoms with Crippen LogP contribution in [0.1, 0.15) is 91.2 Å². The molecular formula is C38H46O2. The number of ketones is 2. The van der Waals surface area contributed by atoms with Gasteiger partial charge in [0.1, 0.15) is 11.6 Å². The first-order chi connectivity index (χ1) is 18.9. The lowest BCUT2D eigenvalue weighted by Crippen LogP contribution is -2.59. The third kappa shape index (κ3) is 3.17. The van der Waals surface area contributed by atoms with Crippen molar-refractivity contribution < 1.29 is 9.59 Å². The van der Waals surface area contributed by atoms with Gasteiger partial charge in [0.05, 0.1) is 0 Å². The highest BCUT2D eigenvalue weighted by molar-refractivity contribution is 6.05. The molecule has 2 nitrogen and oxygen atoms in total. The Morgan fingerprint density at radius 3 is 1.25 bits per heavy atom. The van der Waals surface area contributed by atoms with Crippen LogP contribution >= 0.6 is 0 Å². The van der Waals surface area contributed by atoms with Gasteiger partial charge in [-0.25, -0.2) is 0 Å². The molecule has 0 aromatic heterocycles. The van der Waals surface area contributed by atoms with E-state index in [9.17, 15) is 0 Å². The third-order valence-electron chi connectivity index (χ3n) is 13.4. The minimum atomic E-state index is -0.701. The normalized spacial score (nSPS) is 39.2. The maximum Gasteiger partial charge on any atom is 0.147 e. The number of hydrogen-bond donors (Lipinski definition) is 0. The number of fused-ring (bicyclic) bond motifs is 4. The summed E-state index contributed by atoms with van der Waals surface area (Å²) in [6, 6.07) is 20.7. The number of Topliss-reactive ketones (excluding diaryl/α,β-unsaturated/α-hetero) is 2. The fraction of sp³-hybridized carbons (Fsp3) is 0.526. The van der Waals surface area contributed by atoms with Crippen molar-refractivity contribution in [3.05, 3.63) is 83.9 Å². The SMILES string of the molecule is CC1(C)[C@H]2CC[C@]1(C)C(=O)[C@@]2(C/C=C\c1ccccc1)[C@]1(C/C=C\c2ccccc2)C(=O)[C@@]2(C)CC[C@H]1C2(C)C. The van der Waals surface area contributed by atoms with Gasteiger partial charge in [0.25, 0.3) is 0 Å². The third-order valence-corrected chi connectivity index (χ3v) is 13.4. The van der Waals surface area contributed by atoms with E-state index in [0.29, 0.717) is 24.4 Å². The topological polar surface area (TPSA) is 34.1 Å². The molecule has 4 aliphatic carbocycles. The summed E-state index contributed by atoms with van der Waals surface area (Å²) in [6.07, 6.45) is 14.0. The summed E-state index contributed by atoms with van der Waals surface area (Å²) in [5.74, 6) is 1.11. The first-order valence-corrected chi connectivity index (χ1v) is 15.4. The number of carbonyl (C=O) groups is 2. The summed E-state index contributed by atoms with van der Waals surface area (Å²) >= 11 is 0. The predicted octanol–water partition coefficient (Wildman–Crippen LogP) is 9.22. The molecule has 0 amide bonds. The number of carbonyl (C=O) groups excluding carboxylic acids is 2. The number of allylic oxidation sites excluding steroid dienone is 2. The van der Waals surface area contributed by atoms with Crippen molar-refractivity contribution >= 4 is 23.7 Å². The minimum Gasteiger partial charge on any atom is -0.298 e. The Bertz CT molecular complexity index is 1270. The smallest absolute Gasteiger partial charge is 0.147 e. The highest BCUT2D eigenvalue weighted by Gasteiger charge is 2.85. The molecule has 2 aromatic carbocycles. The summed E-state index contributed by atoms with van der Waals surface area (Å²) in [4.78, 5) is 30.4. The maximum absolute atomic E-state index is 15.2. The average molecular weight is 535 g/mol. The Labute approximate surface area is 241 Å². The largest absolute Gasteiger partial charge is 0.298 e. The zero-order valence-electron chi connectivity index (χ0n) is 25.3. The summed E-state index contributed by atoms with van der Waals surface area (Å²) in [5, 5.41) is 0. The zero-order chi connectivity index (χ0) is 28.6. The molecular weight excluding hydrogens is 488 g/mol. The first kappa shape index (κ1) is 27.4. The first-order valence-electron chi connectivity index (χ1n) is 15.4. The van der Waals surface area contributed by atoms with Crippen LogP contribution in [0.2, 0.25) is 0 Å². The van der Waals surface area contributed by atoms with Gasteiger partial charge >= 0.3 is 0 Å². The average Bonchev–Trinajstić information content (AvgIpc) is 3.42. The van der Waals surface area contributed by atoms with Crippen LogP contribution in [0.5, 0.6) is 0 Å². The van der Waals surface area contributed by atoms with Gasteiger partial charge in [-0.05, 0) is 72.3 Å². The molecule has 0 aliphatic heterocycles. The van der Waals surface area contributed by atoms with E-state index >= 15 is 9.59 Å². The van der Waals surface area contributed by atoms with Gasteiger partial charge in [-0.2, -0.15) is 0 Å². The highest BCUT2D eigenvalue weighted by Crippen LogP contribution is 2.83. The summed E-state index contributed by atoms with van der Waals surface area (Å²) in [7, 11) is 0. The molecule has 6 atom stereocenters. The second-order valence-corrected chi connectivity index (χ2v) is 14.9. The van der Waals surface area contributed by atoms with Gasteiger partial charge in [0.15, 0.2) is 0 Å². The fourth-order valence-corrected chi connectivity index (χ4v) is 10.6. The van der Waals surface area contributed by atoms with Crippen molar-refractivity contribution in [2.75, 3.05) is 0 Å². The van der Waals surface area contributed by atoms with Crippen molar-refractivity contribution in [1.82, 2.24) is 0 Å². The van der Waals surface area contributed by atoms with E-state index in [1.165, 1.54) is 0 Å². The molecule has 210 valence electrons. The van der Waals surface area contributed by atoms with Crippen molar-refractivity contribution in [2.24, 2.45) is 44.3 Å². The zero-order valence-corrected chi connectivity index (χ0v) is 25.3. The van der Waals surface area contributed by atoms with Gasteiger partial charge in [0.2, 0.25) is 0 Å². The van der Waals surface area contributed by atoms with E-state index in [0.717, 1.165) is 36.8 Å². The van der Waals surface area contributed by atoms with E-state index < -0.39 is 21.7 Å². The molecule has 2 heteroatoms. The van der Waals surface area contributed by atoms with Crippen molar-refractivity contribution in [1.29, 1.82) is 0 Å². The van der Waals surface area contributed by atoms with Crippen LogP contribution in [0.15, 0.2) is 72.8 Å². The van der Waals surface area contributed by atoms with Crippen LogP contribution in [0, 0.1) is 44.3 Å². The lowest BCUT2D eigenvalue weighted by atomic mass is 9.45. The van der Waals surface area contributed by atoms with Gasteiger partial charge in [-0.3, -0.25) is 9.59 Å². The molecule has 40 heavy (non-hydrogen) atoms. The Morgan fingerprint density at radius 1 is 0.600 bits per heavy atom. The van der Waals surface area contributed by atoms with E-state index in [2.05, 4.69) is 114 Å². The van der Waals surface area contributed by atoms with Crippen LogP contribution in [0.4, 0.5) is 0 Å². The van der Waals surface area contributed by atoms with Crippen LogP contribution in [-0.4, -0.2) is 11.6 Å². The highest BCUT2D eigenvalue weighted by atomic mass is 16.1. The number of rotatable bonds is 7. The molecule has 0 radical (unpaired) electrons. The molecule has 0 N–H and O–H groups in total. The quantitative estimate of drug-likeness (QED) is 0.355. The van der Waals surface area contributed by atoms with Gasteiger partial charge in [0, 0.05) is 21.7 Å². The van der Waals surface area contributed by atoms with Crippen LogP contribution in [-0.2, 0) is 9.59 Å². The number of benzene rings is 2. The molecule has 6 rings (SSSR count). The second kappa shape index (κ2) is 8.88. The van der Waals surface area contributed by atoms with E-state index in [-0.39, 0.29) is 22.7 Å².